The second kappa shape index (κ2) is 7.21. The van der Waals surface area contributed by atoms with E-state index in [1.807, 2.05) is 10.3 Å². The molecule has 2 aromatic rings. The fraction of sp³-hybridized carbons (Fsp3) is 0.562. The van der Waals surface area contributed by atoms with E-state index < -0.39 is 0 Å². The van der Waals surface area contributed by atoms with Crippen LogP contribution in [0.1, 0.15) is 12.8 Å². The van der Waals surface area contributed by atoms with Crippen molar-refractivity contribution in [3.05, 3.63) is 28.1 Å². The van der Waals surface area contributed by atoms with Gasteiger partial charge in [-0.15, -0.1) is 23.7 Å². The van der Waals surface area contributed by atoms with E-state index in [4.69, 9.17) is 0 Å². The molecule has 1 N–H and O–H groups in total. The lowest BCUT2D eigenvalue weighted by molar-refractivity contribution is -0.131. The van der Waals surface area contributed by atoms with Crippen molar-refractivity contribution in [3.63, 3.8) is 0 Å². The Morgan fingerprint density at radius 2 is 2.00 bits per heavy atom. The molecule has 2 aromatic heterocycles. The highest BCUT2D eigenvalue weighted by Crippen LogP contribution is 2.27. The van der Waals surface area contributed by atoms with E-state index in [1.54, 1.807) is 6.07 Å². The first-order valence-corrected chi connectivity index (χ1v) is 9.01. The molecule has 1 amide bonds. The van der Waals surface area contributed by atoms with Crippen LogP contribution < -0.4 is 10.9 Å². The van der Waals surface area contributed by atoms with Gasteiger partial charge < -0.3 is 10.2 Å². The zero-order valence-corrected chi connectivity index (χ0v) is 14.9. The van der Waals surface area contributed by atoms with Gasteiger partial charge in [-0.25, -0.2) is 4.98 Å². The molecule has 8 heteroatoms. The highest BCUT2D eigenvalue weighted by molar-refractivity contribution is 7.16. The standard InChI is InChI=1S/C16H20N4O2S.ClH/c21-14(19-4-1-11-7-17-8-12(11)2-5-19)9-20-10-18-15-13(16(20)22)3-6-23-15;/h3,6,10-12,17H,1-2,4-5,7-9H2;1H/t11-,12+;. The Kier molecular flexibility index (Phi) is 5.22. The molecular formula is C16H21ClN4O2S. The van der Waals surface area contributed by atoms with Crippen molar-refractivity contribution in [2.75, 3.05) is 26.2 Å². The predicted molar refractivity (Wildman–Crippen MR) is 96.8 cm³/mol. The molecule has 2 atom stereocenters. The van der Waals surface area contributed by atoms with Gasteiger partial charge in [0, 0.05) is 13.1 Å². The Bertz CT molecular complexity index is 776. The molecule has 0 unspecified atom stereocenters. The van der Waals surface area contributed by atoms with Gasteiger partial charge in [-0.1, -0.05) is 0 Å². The Labute approximate surface area is 150 Å². The van der Waals surface area contributed by atoms with E-state index in [0.717, 1.165) is 43.9 Å². The molecule has 2 aliphatic heterocycles. The van der Waals surface area contributed by atoms with Gasteiger partial charge in [-0.05, 0) is 49.2 Å². The van der Waals surface area contributed by atoms with E-state index in [2.05, 4.69) is 10.3 Å². The molecular weight excluding hydrogens is 348 g/mol. The lowest BCUT2D eigenvalue weighted by Crippen LogP contribution is -2.37. The van der Waals surface area contributed by atoms with Crippen LogP contribution in [0.5, 0.6) is 0 Å². The fourth-order valence-corrected chi connectivity index (χ4v) is 4.44. The molecule has 2 saturated heterocycles. The van der Waals surface area contributed by atoms with Crippen molar-refractivity contribution in [1.29, 1.82) is 0 Å². The molecule has 0 spiro atoms. The van der Waals surface area contributed by atoms with Crippen molar-refractivity contribution in [2.24, 2.45) is 11.8 Å². The third-order valence-electron chi connectivity index (χ3n) is 5.13. The minimum absolute atomic E-state index is 0. The SMILES string of the molecule is Cl.O=C(Cn1cnc2sccc2c1=O)N1CC[C@@H]2CNC[C@@H]2CC1. The van der Waals surface area contributed by atoms with E-state index in [-0.39, 0.29) is 30.4 Å². The number of hydrogen-bond donors (Lipinski definition) is 1. The van der Waals surface area contributed by atoms with Crippen LogP contribution in [0, 0.1) is 11.8 Å². The van der Waals surface area contributed by atoms with Crippen molar-refractivity contribution < 1.29 is 4.79 Å². The number of hydrogen-bond acceptors (Lipinski definition) is 5. The molecule has 4 heterocycles. The minimum atomic E-state index is -0.125. The molecule has 6 nitrogen and oxygen atoms in total. The van der Waals surface area contributed by atoms with Gasteiger partial charge in [-0.2, -0.15) is 0 Å². The predicted octanol–water partition coefficient (Wildman–Crippen LogP) is 1.34. The molecule has 24 heavy (non-hydrogen) atoms. The summed E-state index contributed by atoms with van der Waals surface area (Å²) in [6, 6.07) is 1.77. The topological polar surface area (TPSA) is 67.2 Å². The first kappa shape index (κ1) is 17.4. The van der Waals surface area contributed by atoms with Gasteiger partial charge >= 0.3 is 0 Å². The van der Waals surface area contributed by atoms with Gasteiger partial charge in [0.2, 0.25) is 5.91 Å². The van der Waals surface area contributed by atoms with Crippen LogP contribution in [0.3, 0.4) is 0 Å². The zero-order valence-electron chi connectivity index (χ0n) is 13.3. The summed E-state index contributed by atoms with van der Waals surface area (Å²) in [5.74, 6) is 1.41. The maximum absolute atomic E-state index is 12.6. The lowest BCUT2D eigenvalue weighted by Gasteiger charge is -2.21. The minimum Gasteiger partial charge on any atom is -0.341 e. The number of carbonyl (C=O) groups excluding carboxylic acids is 1. The second-order valence-corrected chi connectivity index (χ2v) is 7.35. The van der Waals surface area contributed by atoms with E-state index in [1.165, 1.54) is 22.2 Å². The number of nitrogens with zero attached hydrogens (tertiary/aromatic N) is 3. The number of likely N-dealkylation sites (tertiary alicyclic amines) is 1. The van der Waals surface area contributed by atoms with Crippen LogP contribution in [-0.2, 0) is 11.3 Å². The molecule has 0 radical (unpaired) electrons. The summed E-state index contributed by atoms with van der Waals surface area (Å²) in [7, 11) is 0. The Hall–Kier alpha value is -1.44. The molecule has 0 bridgehead atoms. The number of amides is 1. The average molecular weight is 369 g/mol. The Balaban J connectivity index is 0.00000169. The van der Waals surface area contributed by atoms with Crippen molar-refractivity contribution in [2.45, 2.75) is 19.4 Å². The molecule has 0 saturated carbocycles. The van der Waals surface area contributed by atoms with Crippen LogP contribution in [-0.4, -0.2) is 46.5 Å². The summed E-state index contributed by atoms with van der Waals surface area (Å²) >= 11 is 1.44. The fourth-order valence-electron chi connectivity index (χ4n) is 3.72. The molecule has 0 aromatic carbocycles. The maximum atomic E-state index is 12.6. The third-order valence-corrected chi connectivity index (χ3v) is 5.95. The first-order chi connectivity index (χ1) is 11.2. The normalized spacial score (nSPS) is 23.6. The molecule has 2 aliphatic rings. The van der Waals surface area contributed by atoms with Gasteiger partial charge in [0.25, 0.3) is 5.56 Å². The quantitative estimate of drug-likeness (QED) is 0.868. The number of carbonyl (C=O) groups is 1. The number of fused-ring (bicyclic) bond motifs is 2. The number of nitrogens with one attached hydrogen (secondary N) is 1. The summed E-state index contributed by atoms with van der Waals surface area (Å²) in [6.07, 6.45) is 3.61. The Morgan fingerprint density at radius 1 is 1.29 bits per heavy atom. The summed E-state index contributed by atoms with van der Waals surface area (Å²) in [6.45, 7) is 3.83. The maximum Gasteiger partial charge on any atom is 0.262 e. The first-order valence-electron chi connectivity index (χ1n) is 8.13. The van der Waals surface area contributed by atoms with Gasteiger partial charge in [-0.3, -0.25) is 14.2 Å². The van der Waals surface area contributed by atoms with Crippen molar-refractivity contribution >= 4 is 39.9 Å². The monoisotopic (exact) mass is 368 g/mol. The largest absolute Gasteiger partial charge is 0.341 e. The Morgan fingerprint density at radius 3 is 2.71 bits per heavy atom. The summed E-state index contributed by atoms with van der Waals surface area (Å²) < 4.78 is 1.44. The number of aromatic nitrogens is 2. The number of rotatable bonds is 2. The van der Waals surface area contributed by atoms with Crippen LogP contribution >= 0.6 is 23.7 Å². The van der Waals surface area contributed by atoms with E-state index >= 15 is 0 Å². The van der Waals surface area contributed by atoms with Gasteiger partial charge in [0.05, 0.1) is 11.7 Å². The highest BCUT2D eigenvalue weighted by atomic mass is 35.5. The smallest absolute Gasteiger partial charge is 0.262 e. The second-order valence-electron chi connectivity index (χ2n) is 6.45. The third kappa shape index (κ3) is 3.20. The molecule has 2 fully saturated rings. The summed E-state index contributed by atoms with van der Waals surface area (Å²) in [5.41, 5.74) is -0.125. The number of thiophene rings is 1. The van der Waals surface area contributed by atoms with E-state index in [9.17, 15) is 9.59 Å². The lowest BCUT2D eigenvalue weighted by atomic mass is 9.92. The molecule has 130 valence electrons. The molecule has 4 rings (SSSR count). The van der Waals surface area contributed by atoms with Crippen molar-refractivity contribution in [1.82, 2.24) is 19.8 Å². The van der Waals surface area contributed by atoms with Crippen molar-refractivity contribution in [3.8, 4) is 0 Å². The van der Waals surface area contributed by atoms with E-state index in [0.29, 0.717) is 17.2 Å². The zero-order chi connectivity index (χ0) is 15.8. The summed E-state index contributed by atoms with van der Waals surface area (Å²) in [5, 5.41) is 5.89. The summed E-state index contributed by atoms with van der Waals surface area (Å²) in [4.78, 5) is 31.9. The highest BCUT2D eigenvalue weighted by Gasteiger charge is 2.31. The van der Waals surface area contributed by atoms with Crippen LogP contribution in [0.25, 0.3) is 10.2 Å². The van der Waals surface area contributed by atoms with Gasteiger partial charge in [0.15, 0.2) is 0 Å². The average Bonchev–Trinajstić information content (AvgIpc) is 3.16. The van der Waals surface area contributed by atoms with Crippen LogP contribution in [0.2, 0.25) is 0 Å². The van der Waals surface area contributed by atoms with Crippen LogP contribution in [0.15, 0.2) is 22.6 Å². The molecule has 0 aliphatic carbocycles. The van der Waals surface area contributed by atoms with Gasteiger partial charge in [0.1, 0.15) is 11.4 Å². The van der Waals surface area contributed by atoms with Crippen LogP contribution in [0.4, 0.5) is 0 Å². The number of halogens is 1.